The third kappa shape index (κ3) is 1.78. The first-order chi connectivity index (χ1) is 5.66. The summed E-state index contributed by atoms with van der Waals surface area (Å²) >= 11 is 1.43. The molecule has 1 aliphatic rings. The molecule has 0 bridgehead atoms. The molecule has 12 heavy (non-hydrogen) atoms. The maximum Gasteiger partial charge on any atom is 0.266 e. The molecule has 0 saturated carbocycles. The molecule has 0 aliphatic carbocycles. The fraction of sp³-hybridized carbons (Fsp3) is 0.714. The van der Waals surface area contributed by atoms with Crippen molar-refractivity contribution in [2.75, 3.05) is 5.75 Å². The second kappa shape index (κ2) is 3.91. The van der Waals surface area contributed by atoms with Crippen LogP contribution in [0.25, 0.3) is 0 Å². The van der Waals surface area contributed by atoms with E-state index < -0.39 is 11.8 Å². The van der Waals surface area contributed by atoms with Crippen molar-refractivity contribution >= 4 is 23.6 Å². The highest BCUT2D eigenvalue weighted by molar-refractivity contribution is 8.00. The largest absolute Gasteiger partial charge is 0.278 e. The first kappa shape index (κ1) is 9.54. The topological polar surface area (TPSA) is 57.6 Å². The third-order valence-electron chi connectivity index (χ3n) is 1.60. The number of hydrogen-bond acceptors (Lipinski definition) is 4. The van der Waals surface area contributed by atoms with Crippen LogP contribution >= 0.6 is 11.8 Å². The van der Waals surface area contributed by atoms with E-state index in [1.165, 1.54) is 11.8 Å². The number of hydrogen-bond donors (Lipinski definition) is 1. The predicted molar refractivity (Wildman–Crippen MR) is 44.8 cm³/mol. The van der Waals surface area contributed by atoms with Crippen molar-refractivity contribution in [2.24, 2.45) is 0 Å². The molecule has 1 unspecified atom stereocenters. The van der Waals surface area contributed by atoms with Crippen LogP contribution in [0, 0.1) is 0 Å². The summed E-state index contributed by atoms with van der Waals surface area (Å²) in [6, 6.07) is 0. The maximum atomic E-state index is 11.1. The summed E-state index contributed by atoms with van der Waals surface area (Å²) in [6.07, 6.45) is 1.11. The number of carbonyl (C=O) groups excluding carboxylic acids is 2. The quantitative estimate of drug-likeness (QED) is 0.523. The molecule has 0 spiro atoms. The first-order valence-electron chi connectivity index (χ1n) is 3.84. The van der Waals surface area contributed by atoms with Crippen LogP contribution in [-0.4, -0.2) is 33.1 Å². The Morgan fingerprint density at radius 3 is 2.75 bits per heavy atom. The Bertz CT molecular complexity index is 207. The lowest BCUT2D eigenvalue weighted by molar-refractivity contribution is -0.170. The van der Waals surface area contributed by atoms with Gasteiger partial charge in [-0.05, 0) is 12.2 Å². The van der Waals surface area contributed by atoms with Gasteiger partial charge in [0.25, 0.3) is 11.8 Å². The van der Waals surface area contributed by atoms with Crippen LogP contribution in [0.1, 0.15) is 19.8 Å². The Labute approximate surface area is 74.9 Å². The zero-order chi connectivity index (χ0) is 9.14. The average Bonchev–Trinajstić information content (AvgIpc) is 2.30. The van der Waals surface area contributed by atoms with E-state index in [2.05, 4.69) is 0 Å². The molecule has 0 aromatic heterocycles. The Morgan fingerprint density at radius 2 is 2.33 bits per heavy atom. The zero-order valence-corrected chi connectivity index (χ0v) is 7.63. The Kier molecular flexibility index (Phi) is 3.11. The van der Waals surface area contributed by atoms with E-state index in [-0.39, 0.29) is 16.7 Å². The average molecular weight is 189 g/mol. The van der Waals surface area contributed by atoms with Gasteiger partial charge in [0.1, 0.15) is 0 Å². The summed E-state index contributed by atoms with van der Waals surface area (Å²) in [5.74, 6) is -0.121. The number of rotatable bonds is 3. The normalized spacial score (nSPS) is 23.8. The van der Waals surface area contributed by atoms with Crippen molar-refractivity contribution in [2.45, 2.75) is 25.0 Å². The van der Waals surface area contributed by atoms with Crippen molar-refractivity contribution in [3.63, 3.8) is 0 Å². The molecule has 1 atom stereocenters. The summed E-state index contributed by atoms with van der Waals surface area (Å²) in [7, 11) is 0. The van der Waals surface area contributed by atoms with Gasteiger partial charge < -0.3 is 0 Å². The maximum absolute atomic E-state index is 11.1. The summed E-state index contributed by atoms with van der Waals surface area (Å²) < 4.78 is 0. The molecule has 4 nitrogen and oxygen atoms in total. The summed E-state index contributed by atoms with van der Waals surface area (Å²) in [4.78, 5) is 21.9. The molecule has 68 valence electrons. The molecule has 0 aromatic rings. The molecule has 1 saturated heterocycles. The summed E-state index contributed by atoms with van der Waals surface area (Å²) in [6.45, 7) is 2.00. The monoisotopic (exact) mass is 189 g/mol. The lowest BCUT2D eigenvalue weighted by Crippen LogP contribution is -2.27. The van der Waals surface area contributed by atoms with Gasteiger partial charge in [0.15, 0.2) is 0 Å². The van der Waals surface area contributed by atoms with E-state index in [4.69, 9.17) is 5.21 Å². The molecule has 1 aliphatic heterocycles. The molecule has 0 radical (unpaired) electrons. The van der Waals surface area contributed by atoms with Gasteiger partial charge in [0, 0.05) is 0 Å². The molecule has 0 aromatic carbocycles. The van der Waals surface area contributed by atoms with Gasteiger partial charge in [-0.3, -0.25) is 14.8 Å². The SMILES string of the molecule is CCCSC1CC(=O)N(O)C1=O. The summed E-state index contributed by atoms with van der Waals surface area (Å²) in [5.41, 5.74) is 0. The minimum absolute atomic E-state index is 0.139. The number of thioether (sulfide) groups is 1. The third-order valence-corrected chi connectivity index (χ3v) is 3.02. The van der Waals surface area contributed by atoms with Gasteiger partial charge in [-0.1, -0.05) is 6.92 Å². The van der Waals surface area contributed by atoms with Crippen LogP contribution in [0.3, 0.4) is 0 Å². The van der Waals surface area contributed by atoms with Gasteiger partial charge in [-0.15, -0.1) is 11.8 Å². The highest BCUT2D eigenvalue weighted by Gasteiger charge is 2.37. The van der Waals surface area contributed by atoms with E-state index in [0.29, 0.717) is 0 Å². The Morgan fingerprint density at radius 1 is 1.67 bits per heavy atom. The lowest BCUT2D eigenvalue weighted by Gasteiger charge is -2.05. The molecule has 1 N–H and O–H groups in total. The van der Waals surface area contributed by atoms with Crippen molar-refractivity contribution < 1.29 is 14.8 Å². The number of nitrogens with zero attached hydrogens (tertiary/aromatic N) is 1. The van der Waals surface area contributed by atoms with Gasteiger partial charge in [0.2, 0.25) is 0 Å². The lowest BCUT2D eigenvalue weighted by atomic mass is 10.4. The molecule has 5 heteroatoms. The number of carbonyl (C=O) groups is 2. The predicted octanol–water partition coefficient (Wildman–Crippen LogP) is 0.646. The van der Waals surface area contributed by atoms with Gasteiger partial charge in [0.05, 0.1) is 11.7 Å². The van der Waals surface area contributed by atoms with E-state index in [1.54, 1.807) is 0 Å². The first-order valence-corrected chi connectivity index (χ1v) is 4.89. The molecular weight excluding hydrogens is 178 g/mol. The van der Waals surface area contributed by atoms with E-state index >= 15 is 0 Å². The minimum Gasteiger partial charge on any atom is -0.278 e. The van der Waals surface area contributed by atoms with Crippen molar-refractivity contribution in [1.82, 2.24) is 5.06 Å². The standard InChI is InChI=1S/C7H11NO3S/c1-2-3-12-5-4-6(9)8(11)7(5)10/h5,11H,2-4H2,1H3. The van der Waals surface area contributed by atoms with Crippen LogP contribution in [0.5, 0.6) is 0 Å². The molecule has 2 amide bonds. The second-order valence-corrected chi connectivity index (χ2v) is 3.92. The van der Waals surface area contributed by atoms with Gasteiger partial charge in [-0.2, -0.15) is 5.06 Å². The summed E-state index contributed by atoms with van der Waals surface area (Å²) in [5, 5.41) is 8.73. The van der Waals surface area contributed by atoms with Crippen LogP contribution in [0.4, 0.5) is 0 Å². The Hall–Kier alpha value is -0.550. The van der Waals surface area contributed by atoms with Gasteiger partial charge >= 0.3 is 0 Å². The second-order valence-electron chi connectivity index (χ2n) is 2.61. The van der Waals surface area contributed by atoms with E-state index in [0.717, 1.165) is 12.2 Å². The van der Waals surface area contributed by atoms with Crippen molar-refractivity contribution in [3.05, 3.63) is 0 Å². The van der Waals surface area contributed by atoms with Crippen LogP contribution in [0.2, 0.25) is 0 Å². The van der Waals surface area contributed by atoms with Crippen LogP contribution in [-0.2, 0) is 9.59 Å². The van der Waals surface area contributed by atoms with E-state index in [9.17, 15) is 9.59 Å². The van der Waals surface area contributed by atoms with Crippen molar-refractivity contribution in [3.8, 4) is 0 Å². The zero-order valence-electron chi connectivity index (χ0n) is 6.82. The fourth-order valence-corrected chi connectivity index (χ4v) is 2.01. The number of amides is 2. The smallest absolute Gasteiger partial charge is 0.266 e. The Balaban J connectivity index is 2.47. The van der Waals surface area contributed by atoms with Gasteiger partial charge in [-0.25, -0.2) is 0 Å². The van der Waals surface area contributed by atoms with E-state index in [1.807, 2.05) is 6.92 Å². The number of hydroxylamine groups is 2. The molecule has 1 heterocycles. The van der Waals surface area contributed by atoms with Crippen LogP contribution in [0.15, 0.2) is 0 Å². The van der Waals surface area contributed by atoms with Crippen molar-refractivity contribution in [1.29, 1.82) is 0 Å². The van der Waals surface area contributed by atoms with Crippen LogP contribution < -0.4 is 0 Å². The molecular formula is C7H11NO3S. The number of imide groups is 1. The fourth-order valence-electron chi connectivity index (χ4n) is 0.982. The minimum atomic E-state index is -0.492. The molecule has 1 rings (SSSR count). The highest BCUT2D eigenvalue weighted by Crippen LogP contribution is 2.23. The highest BCUT2D eigenvalue weighted by atomic mass is 32.2. The molecule has 1 fully saturated rings.